The highest BCUT2D eigenvalue weighted by atomic mass is 35.5. The molecule has 0 spiro atoms. The second kappa shape index (κ2) is 8.57. The molecular weight excluding hydrogens is 440 g/mol. The van der Waals surface area contributed by atoms with E-state index in [0.29, 0.717) is 16.5 Å². The third-order valence-corrected chi connectivity index (χ3v) is 6.23. The Balaban J connectivity index is 1.43. The molecule has 2 aromatic carbocycles. The van der Waals surface area contributed by atoms with Crippen molar-refractivity contribution in [2.45, 2.75) is 13.3 Å². The molecule has 0 aliphatic carbocycles. The van der Waals surface area contributed by atoms with E-state index in [1.165, 1.54) is 11.3 Å². The molecule has 3 heterocycles. The van der Waals surface area contributed by atoms with Gasteiger partial charge in [0.25, 0.3) is 0 Å². The van der Waals surface area contributed by atoms with Gasteiger partial charge < -0.3 is 5.32 Å². The molecule has 0 aliphatic heterocycles. The number of thiazole rings is 1. The van der Waals surface area contributed by atoms with E-state index < -0.39 is 0 Å². The molecule has 32 heavy (non-hydrogen) atoms. The molecule has 5 nitrogen and oxygen atoms in total. The highest BCUT2D eigenvalue weighted by Crippen LogP contribution is 2.30. The summed E-state index contributed by atoms with van der Waals surface area (Å²) in [6.07, 6.45) is 2.10. The molecule has 5 aromatic rings. The number of aromatic nitrogens is 3. The maximum Gasteiger partial charge on any atom is 0.231 e. The highest BCUT2D eigenvalue weighted by molar-refractivity contribution is 7.13. The lowest BCUT2D eigenvalue weighted by molar-refractivity contribution is -0.115. The fourth-order valence-electron chi connectivity index (χ4n) is 3.55. The second-order valence-corrected chi connectivity index (χ2v) is 8.78. The van der Waals surface area contributed by atoms with Gasteiger partial charge in [-0.2, -0.15) is 0 Å². The van der Waals surface area contributed by atoms with Crippen molar-refractivity contribution in [2.24, 2.45) is 0 Å². The van der Waals surface area contributed by atoms with Crippen LogP contribution in [0.15, 0.2) is 78.3 Å². The first kappa shape index (κ1) is 20.4. The van der Waals surface area contributed by atoms with Crippen LogP contribution in [0.2, 0.25) is 5.02 Å². The van der Waals surface area contributed by atoms with E-state index in [0.717, 1.165) is 33.0 Å². The Morgan fingerprint density at radius 2 is 1.84 bits per heavy atom. The number of anilines is 1. The number of halogens is 1. The molecule has 0 saturated carbocycles. The van der Waals surface area contributed by atoms with E-state index in [1.807, 2.05) is 89.6 Å². The average Bonchev–Trinajstić information content (AvgIpc) is 3.39. The Bertz CT molecular complexity index is 1420. The van der Waals surface area contributed by atoms with Crippen molar-refractivity contribution < 1.29 is 4.79 Å². The van der Waals surface area contributed by atoms with Gasteiger partial charge >= 0.3 is 0 Å². The van der Waals surface area contributed by atoms with E-state index in [9.17, 15) is 4.79 Å². The van der Waals surface area contributed by atoms with Gasteiger partial charge in [-0.1, -0.05) is 54.1 Å². The fraction of sp³-hybridized carbons (Fsp3) is 0.0800. The maximum absolute atomic E-state index is 13.0. The number of benzene rings is 2. The topological polar surface area (TPSA) is 59.3 Å². The zero-order valence-corrected chi connectivity index (χ0v) is 18.8. The first-order valence-corrected chi connectivity index (χ1v) is 11.4. The van der Waals surface area contributed by atoms with E-state index in [-0.39, 0.29) is 12.3 Å². The molecule has 5 rings (SSSR count). The number of hydrogen-bond acceptors (Lipinski definition) is 4. The molecule has 0 radical (unpaired) electrons. The summed E-state index contributed by atoms with van der Waals surface area (Å²) in [5.41, 5.74) is 5.24. The van der Waals surface area contributed by atoms with E-state index >= 15 is 0 Å². The third-order valence-electron chi connectivity index (χ3n) is 5.05. The molecule has 0 unspecified atom stereocenters. The lowest BCUT2D eigenvalue weighted by Crippen LogP contribution is -2.16. The second-order valence-electron chi connectivity index (χ2n) is 7.49. The minimum atomic E-state index is -0.146. The van der Waals surface area contributed by atoms with Crippen molar-refractivity contribution in [2.75, 3.05) is 5.32 Å². The number of carbonyl (C=O) groups is 1. The maximum atomic E-state index is 13.0. The van der Waals surface area contributed by atoms with Crippen LogP contribution in [0.5, 0.6) is 0 Å². The minimum Gasteiger partial charge on any atom is -0.310 e. The lowest BCUT2D eigenvalue weighted by atomic mass is 10.1. The van der Waals surface area contributed by atoms with E-state index in [1.54, 1.807) is 0 Å². The van der Waals surface area contributed by atoms with Crippen molar-refractivity contribution in [3.63, 3.8) is 0 Å². The number of imidazole rings is 1. The van der Waals surface area contributed by atoms with Crippen LogP contribution in [0.1, 0.15) is 11.3 Å². The normalized spacial score (nSPS) is 11.1. The van der Waals surface area contributed by atoms with Crippen molar-refractivity contribution in [1.82, 2.24) is 14.4 Å². The summed E-state index contributed by atoms with van der Waals surface area (Å²) in [5, 5.41) is 6.47. The van der Waals surface area contributed by atoms with Crippen molar-refractivity contribution in [1.29, 1.82) is 0 Å². The zero-order chi connectivity index (χ0) is 22.1. The lowest BCUT2D eigenvalue weighted by Gasteiger charge is -2.07. The SMILES string of the molecule is Cc1ccn2c(NC(=O)Cc3csc(-c4cccc(Cl)c4)n3)c(-c3ccccc3)nc2c1. The number of carbonyl (C=O) groups excluding carboxylic acids is 1. The molecule has 0 aliphatic rings. The molecule has 1 amide bonds. The Hall–Kier alpha value is -3.48. The van der Waals surface area contributed by atoms with Crippen LogP contribution in [0.4, 0.5) is 5.82 Å². The van der Waals surface area contributed by atoms with Gasteiger partial charge in [-0.05, 0) is 36.8 Å². The summed E-state index contributed by atoms with van der Waals surface area (Å²) in [6, 6.07) is 21.4. The summed E-state index contributed by atoms with van der Waals surface area (Å²) in [6.45, 7) is 2.02. The summed E-state index contributed by atoms with van der Waals surface area (Å²) < 4.78 is 1.91. The van der Waals surface area contributed by atoms with Crippen LogP contribution in [0.3, 0.4) is 0 Å². The first-order chi connectivity index (χ1) is 15.6. The van der Waals surface area contributed by atoms with Crippen LogP contribution < -0.4 is 5.32 Å². The predicted octanol–water partition coefficient (Wildman–Crippen LogP) is 6.27. The molecule has 158 valence electrons. The van der Waals surface area contributed by atoms with Gasteiger partial charge in [0.05, 0.1) is 12.1 Å². The van der Waals surface area contributed by atoms with Crippen molar-refractivity contribution >= 4 is 40.3 Å². The number of nitrogens with one attached hydrogen (secondary N) is 1. The molecule has 0 atom stereocenters. The number of amides is 1. The van der Waals surface area contributed by atoms with Crippen LogP contribution in [0.25, 0.3) is 27.5 Å². The molecular formula is C25H19ClN4OS. The summed E-state index contributed by atoms with van der Waals surface area (Å²) in [4.78, 5) is 22.4. The molecule has 0 bridgehead atoms. The Kier molecular flexibility index (Phi) is 5.47. The largest absolute Gasteiger partial charge is 0.310 e. The zero-order valence-electron chi connectivity index (χ0n) is 17.2. The number of hydrogen-bond donors (Lipinski definition) is 1. The van der Waals surface area contributed by atoms with Crippen LogP contribution in [0, 0.1) is 6.92 Å². The minimum absolute atomic E-state index is 0.146. The Labute approximate surface area is 194 Å². The number of rotatable bonds is 5. The van der Waals surface area contributed by atoms with Gasteiger partial charge in [0, 0.05) is 27.7 Å². The van der Waals surface area contributed by atoms with Crippen LogP contribution >= 0.6 is 22.9 Å². The monoisotopic (exact) mass is 458 g/mol. The smallest absolute Gasteiger partial charge is 0.231 e. The van der Waals surface area contributed by atoms with Crippen molar-refractivity contribution in [3.8, 4) is 21.8 Å². The van der Waals surface area contributed by atoms with Gasteiger partial charge in [-0.15, -0.1) is 11.3 Å². The Morgan fingerprint density at radius 3 is 2.66 bits per heavy atom. The molecule has 7 heteroatoms. The molecule has 3 aromatic heterocycles. The van der Waals surface area contributed by atoms with Crippen LogP contribution in [-0.2, 0) is 11.2 Å². The van der Waals surface area contributed by atoms with Gasteiger partial charge in [0.15, 0.2) is 0 Å². The molecule has 0 saturated heterocycles. The number of nitrogens with zero attached hydrogens (tertiary/aromatic N) is 3. The Morgan fingerprint density at radius 1 is 1.03 bits per heavy atom. The molecule has 1 N–H and O–H groups in total. The number of aryl methyl sites for hydroxylation is 1. The summed E-state index contributed by atoms with van der Waals surface area (Å²) in [7, 11) is 0. The van der Waals surface area contributed by atoms with E-state index in [4.69, 9.17) is 16.6 Å². The van der Waals surface area contributed by atoms with Gasteiger partial charge in [-0.25, -0.2) is 9.97 Å². The van der Waals surface area contributed by atoms with Crippen LogP contribution in [-0.4, -0.2) is 20.3 Å². The average molecular weight is 459 g/mol. The first-order valence-electron chi connectivity index (χ1n) is 10.1. The third kappa shape index (κ3) is 4.15. The predicted molar refractivity (Wildman–Crippen MR) is 130 cm³/mol. The fourth-order valence-corrected chi connectivity index (χ4v) is 4.55. The number of pyridine rings is 1. The number of fused-ring (bicyclic) bond motifs is 1. The standard InChI is InChI=1S/C25H19ClN4OS/c1-16-10-11-30-21(12-16)28-23(17-6-3-2-4-7-17)24(30)29-22(31)14-20-15-32-25(27-20)18-8-5-9-19(26)13-18/h2-13,15H,14H2,1H3,(H,29,31). The highest BCUT2D eigenvalue weighted by Gasteiger charge is 2.17. The summed E-state index contributed by atoms with van der Waals surface area (Å²) in [5.74, 6) is 0.508. The van der Waals surface area contributed by atoms with Gasteiger partial charge in [0.1, 0.15) is 22.2 Å². The van der Waals surface area contributed by atoms with Gasteiger partial charge in [-0.3, -0.25) is 9.20 Å². The van der Waals surface area contributed by atoms with Crippen molar-refractivity contribution in [3.05, 3.63) is 94.6 Å². The van der Waals surface area contributed by atoms with E-state index in [2.05, 4.69) is 10.3 Å². The molecule has 0 fully saturated rings. The summed E-state index contributed by atoms with van der Waals surface area (Å²) >= 11 is 7.59. The quantitative estimate of drug-likeness (QED) is 0.337. The van der Waals surface area contributed by atoms with Gasteiger partial charge in [0.2, 0.25) is 5.91 Å².